The fourth-order valence-corrected chi connectivity index (χ4v) is 12.5. The Morgan fingerprint density at radius 3 is 2.19 bits per heavy atom. The molecule has 0 amide bonds. The molecule has 1 unspecified atom stereocenters. The van der Waals surface area contributed by atoms with Crippen molar-refractivity contribution in [3.8, 4) is 11.1 Å². The number of hydrogen-bond acceptors (Lipinski definition) is 1. The molecule has 0 N–H and O–H groups in total. The Hall–Kier alpha value is -3.65. The average molecular weight is 688 g/mol. The summed E-state index contributed by atoms with van der Waals surface area (Å²) in [4.78, 5) is 3.04. The molecule has 268 valence electrons. The maximum atomic E-state index is 3.04. The second-order valence-corrected chi connectivity index (χ2v) is 18.8. The van der Waals surface area contributed by atoms with E-state index in [4.69, 9.17) is 0 Å². The Labute approximate surface area is 313 Å². The molecule has 0 aromatic heterocycles. The van der Waals surface area contributed by atoms with E-state index in [1.807, 2.05) is 0 Å². The zero-order chi connectivity index (χ0) is 35.5. The molecular weight excluding hydrogens is 629 g/mol. The largest absolute Gasteiger partial charge is 0.261 e. The number of hydrogen-bond donors (Lipinski definition) is 0. The van der Waals surface area contributed by atoms with Crippen molar-refractivity contribution in [1.29, 1.82) is 0 Å². The fraction of sp³-hybridized carbons (Fsp3) is 0.500. The molecule has 2 fully saturated rings. The molecule has 1 atom stereocenters. The van der Waals surface area contributed by atoms with Crippen LogP contribution in [0.5, 0.6) is 0 Å². The Balaban J connectivity index is 1.28. The van der Waals surface area contributed by atoms with E-state index in [2.05, 4.69) is 118 Å². The van der Waals surface area contributed by atoms with Gasteiger partial charge in [-0.15, -0.1) is 0 Å². The Morgan fingerprint density at radius 1 is 0.712 bits per heavy atom. The van der Waals surface area contributed by atoms with Crippen molar-refractivity contribution in [3.05, 3.63) is 106 Å². The molecule has 6 aliphatic rings. The minimum absolute atomic E-state index is 0.0152. The first-order chi connectivity index (χ1) is 25.2. The summed E-state index contributed by atoms with van der Waals surface area (Å²) in [6.07, 6.45) is 14.7. The van der Waals surface area contributed by atoms with Gasteiger partial charge < -0.3 is 0 Å². The molecule has 2 heteroatoms. The van der Waals surface area contributed by atoms with Gasteiger partial charge in [0.15, 0.2) is 0 Å². The molecule has 5 aliphatic carbocycles. The number of benzene rings is 4. The second kappa shape index (κ2) is 11.9. The summed E-state index contributed by atoms with van der Waals surface area (Å²) in [6.45, 7) is 16.9. The Bertz CT molecular complexity index is 2180. The van der Waals surface area contributed by atoms with E-state index < -0.39 is 0 Å². The summed E-state index contributed by atoms with van der Waals surface area (Å²) in [7, 11) is 0. The molecule has 2 nitrogen and oxygen atoms in total. The van der Waals surface area contributed by atoms with Crippen LogP contribution in [0.1, 0.15) is 151 Å². The summed E-state index contributed by atoms with van der Waals surface area (Å²) >= 11 is 0. The summed E-state index contributed by atoms with van der Waals surface area (Å²) in [5.74, 6) is 2.71. The van der Waals surface area contributed by atoms with Crippen molar-refractivity contribution in [2.45, 2.75) is 141 Å². The molecule has 0 saturated heterocycles. The number of nitrogens with zero attached hydrogens (tertiary/aromatic N) is 2. The predicted octanol–water partition coefficient (Wildman–Crippen LogP) is 12.0. The van der Waals surface area contributed by atoms with E-state index in [1.165, 1.54) is 97.2 Å². The summed E-state index contributed by atoms with van der Waals surface area (Å²) in [6, 6.07) is 28.4. The normalized spacial score (nSPS) is 24.0. The highest BCUT2D eigenvalue weighted by Crippen LogP contribution is 2.63. The minimum atomic E-state index is -0.0925. The van der Waals surface area contributed by atoms with Crippen molar-refractivity contribution in [2.24, 2.45) is 5.92 Å². The average Bonchev–Trinajstić information content (AvgIpc) is 3.76. The van der Waals surface area contributed by atoms with Crippen LogP contribution in [0.2, 0.25) is 0 Å². The smallest absolute Gasteiger partial charge is 0.249 e. The van der Waals surface area contributed by atoms with Crippen LogP contribution >= 0.6 is 0 Å². The third-order valence-corrected chi connectivity index (χ3v) is 14.8. The molecular formula is C50H59N2+. The molecule has 4 aromatic carbocycles. The lowest BCUT2D eigenvalue weighted by atomic mass is 9.72. The number of allylic oxidation sites excluding steroid dienone is 2. The Morgan fingerprint density at radius 2 is 1.44 bits per heavy atom. The third kappa shape index (κ3) is 4.57. The standard InChI is InChI=1S/C50H59N2/c1-31(2)33-21-23-39-35(27-33)22-24-40-44-43(26-25-42-45(44)41-28-34-15-13-14-20-38(34)46(41)49(42,5)6)50(47(39)40)29-51(36-16-9-7-10-17-36)48(32(3)4)52(30-50)37-18-11-8-12-19-37/h13-15,20-27,31-32,36-37H,7-12,16-19,28-30H2,1-6H3/q+1. The fourth-order valence-electron chi connectivity index (χ4n) is 12.5. The van der Waals surface area contributed by atoms with Gasteiger partial charge in [-0.3, -0.25) is 9.48 Å². The van der Waals surface area contributed by atoms with Crippen LogP contribution in [0.15, 0.2) is 66.7 Å². The van der Waals surface area contributed by atoms with E-state index in [0.29, 0.717) is 23.9 Å². The van der Waals surface area contributed by atoms with E-state index in [-0.39, 0.29) is 10.8 Å². The summed E-state index contributed by atoms with van der Waals surface area (Å²) in [5, 5.41) is 2.92. The number of amidine groups is 1. The van der Waals surface area contributed by atoms with Gasteiger partial charge in [-0.25, -0.2) is 0 Å². The van der Waals surface area contributed by atoms with Gasteiger partial charge >= 0.3 is 0 Å². The highest BCUT2D eigenvalue weighted by atomic mass is 15.3. The third-order valence-electron chi connectivity index (χ3n) is 14.8. The van der Waals surface area contributed by atoms with Crippen molar-refractivity contribution in [3.63, 3.8) is 0 Å². The lowest BCUT2D eigenvalue weighted by molar-refractivity contribution is -0.588. The van der Waals surface area contributed by atoms with Gasteiger partial charge in [0.2, 0.25) is 5.84 Å². The molecule has 52 heavy (non-hydrogen) atoms. The van der Waals surface area contributed by atoms with Crippen LogP contribution in [0.25, 0.3) is 33.0 Å². The van der Waals surface area contributed by atoms with Crippen LogP contribution < -0.4 is 0 Å². The highest BCUT2D eigenvalue weighted by molar-refractivity contribution is 6.12. The Kier molecular flexibility index (Phi) is 7.56. The molecule has 1 aliphatic heterocycles. The van der Waals surface area contributed by atoms with E-state index in [1.54, 1.807) is 44.8 Å². The van der Waals surface area contributed by atoms with Crippen molar-refractivity contribution < 1.29 is 4.58 Å². The lowest BCUT2D eigenvalue weighted by Gasteiger charge is -2.46. The van der Waals surface area contributed by atoms with Gasteiger partial charge in [-0.05, 0) is 136 Å². The highest BCUT2D eigenvalue weighted by Gasteiger charge is 2.57. The molecule has 2 saturated carbocycles. The molecule has 1 heterocycles. The van der Waals surface area contributed by atoms with Gasteiger partial charge in [-0.2, -0.15) is 0 Å². The SMILES string of the molecule is CC(C)C1=[N+](C2CCCCC2)CC2(CN1C1CCCCC1)c1ccc3c(c1-c1ccc4cc(C(C)C)ccc4c12)C1=C(c2ccccc2C1)C3(C)C. The molecule has 4 aromatic rings. The van der Waals surface area contributed by atoms with E-state index >= 15 is 0 Å². The van der Waals surface area contributed by atoms with Gasteiger partial charge in [0.25, 0.3) is 0 Å². The van der Waals surface area contributed by atoms with Crippen LogP contribution in [0.4, 0.5) is 0 Å². The quantitative estimate of drug-likeness (QED) is 0.194. The first-order valence-electron chi connectivity index (χ1n) is 21.2. The van der Waals surface area contributed by atoms with Gasteiger partial charge in [-0.1, -0.05) is 121 Å². The predicted molar refractivity (Wildman–Crippen MR) is 220 cm³/mol. The molecule has 0 bridgehead atoms. The van der Waals surface area contributed by atoms with Crippen molar-refractivity contribution in [2.75, 3.05) is 13.1 Å². The number of rotatable bonds is 4. The molecule has 10 rings (SSSR count). The van der Waals surface area contributed by atoms with Crippen LogP contribution in [0.3, 0.4) is 0 Å². The van der Waals surface area contributed by atoms with Crippen LogP contribution in [0, 0.1) is 5.92 Å². The van der Waals surface area contributed by atoms with E-state index in [9.17, 15) is 0 Å². The van der Waals surface area contributed by atoms with Crippen molar-refractivity contribution >= 4 is 27.8 Å². The zero-order valence-electron chi connectivity index (χ0n) is 32.7. The monoisotopic (exact) mass is 687 g/mol. The van der Waals surface area contributed by atoms with E-state index in [0.717, 1.165) is 19.5 Å². The maximum Gasteiger partial charge on any atom is 0.249 e. The first-order valence-corrected chi connectivity index (χ1v) is 21.2. The topological polar surface area (TPSA) is 6.25 Å². The van der Waals surface area contributed by atoms with Gasteiger partial charge in [0.05, 0.1) is 23.4 Å². The minimum Gasteiger partial charge on any atom is -0.261 e. The van der Waals surface area contributed by atoms with Gasteiger partial charge in [0, 0.05) is 5.41 Å². The molecule has 1 spiro atoms. The summed E-state index contributed by atoms with van der Waals surface area (Å²) < 4.78 is 3.04. The molecule has 0 radical (unpaired) electrons. The van der Waals surface area contributed by atoms with Crippen LogP contribution in [-0.2, 0) is 17.3 Å². The van der Waals surface area contributed by atoms with Gasteiger partial charge in [0.1, 0.15) is 13.1 Å². The lowest BCUT2D eigenvalue weighted by Crippen LogP contribution is -2.62. The maximum absolute atomic E-state index is 3.04. The summed E-state index contributed by atoms with van der Waals surface area (Å²) in [5.41, 5.74) is 17.0. The zero-order valence-corrected chi connectivity index (χ0v) is 32.7. The van der Waals surface area contributed by atoms with Crippen molar-refractivity contribution in [1.82, 2.24) is 4.90 Å². The first kappa shape index (κ1) is 33.0. The second-order valence-electron chi connectivity index (χ2n) is 18.8. The van der Waals surface area contributed by atoms with Crippen LogP contribution in [-0.4, -0.2) is 40.5 Å². The number of fused-ring (bicyclic) bond motifs is 12.